The number of carbonyl (C=O) groups is 3. The van der Waals surface area contributed by atoms with Crippen molar-refractivity contribution < 1.29 is 19.1 Å². The first-order chi connectivity index (χ1) is 20.4. The predicted molar refractivity (Wildman–Crippen MR) is 166 cm³/mol. The molecule has 4 rings (SSSR count). The van der Waals surface area contributed by atoms with E-state index in [9.17, 15) is 14.4 Å². The van der Waals surface area contributed by atoms with Crippen molar-refractivity contribution in [2.75, 3.05) is 20.2 Å². The summed E-state index contributed by atoms with van der Waals surface area (Å²) in [7, 11) is 1.62. The van der Waals surface area contributed by atoms with E-state index < -0.39 is 5.66 Å². The molecule has 0 saturated carbocycles. The van der Waals surface area contributed by atoms with E-state index in [1.54, 1.807) is 12.0 Å². The van der Waals surface area contributed by atoms with Crippen LogP contribution >= 0.6 is 0 Å². The molecule has 42 heavy (non-hydrogen) atoms. The molecule has 0 radical (unpaired) electrons. The first kappa shape index (κ1) is 31.1. The number of aromatic nitrogens is 1. The second kappa shape index (κ2) is 14.9. The maximum atomic E-state index is 13.9. The number of hydrogen-bond acceptors (Lipinski definition) is 4. The molecule has 0 spiro atoms. The van der Waals surface area contributed by atoms with Crippen LogP contribution in [0, 0.1) is 6.92 Å². The maximum absolute atomic E-state index is 13.9. The highest BCUT2D eigenvalue weighted by Crippen LogP contribution is 2.31. The Hall–Kier alpha value is -3.81. The van der Waals surface area contributed by atoms with Crippen LogP contribution in [0.5, 0.6) is 5.75 Å². The highest BCUT2D eigenvalue weighted by atomic mass is 16.5. The number of methoxy groups -OCH3 is 1. The fourth-order valence-corrected chi connectivity index (χ4v) is 5.99. The lowest BCUT2D eigenvalue weighted by Gasteiger charge is -2.46. The van der Waals surface area contributed by atoms with Crippen molar-refractivity contribution in [1.82, 2.24) is 20.5 Å². The van der Waals surface area contributed by atoms with Gasteiger partial charge in [-0.2, -0.15) is 0 Å². The molecular formula is C34H46N4O4. The molecule has 1 aliphatic rings. The average molecular weight is 575 g/mol. The van der Waals surface area contributed by atoms with Crippen molar-refractivity contribution in [3.63, 3.8) is 0 Å². The van der Waals surface area contributed by atoms with Crippen LogP contribution in [0.1, 0.15) is 88.0 Å². The summed E-state index contributed by atoms with van der Waals surface area (Å²) in [6.45, 7) is 4.75. The number of aromatic amines is 1. The second-order valence-corrected chi connectivity index (χ2v) is 11.4. The van der Waals surface area contributed by atoms with E-state index in [-0.39, 0.29) is 30.7 Å². The van der Waals surface area contributed by atoms with E-state index >= 15 is 0 Å². The Labute approximate surface area is 249 Å². The van der Waals surface area contributed by atoms with Crippen LogP contribution in [0.3, 0.4) is 0 Å². The van der Waals surface area contributed by atoms with Gasteiger partial charge in [-0.3, -0.25) is 14.4 Å². The van der Waals surface area contributed by atoms with Crippen LogP contribution in [-0.4, -0.2) is 47.8 Å². The van der Waals surface area contributed by atoms with Gasteiger partial charge in [-0.15, -0.1) is 0 Å². The summed E-state index contributed by atoms with van der Waals surface area (Å²) < 4.78 is 5.43. The number of amides is 3. The van der Waals surface area contributed by atoms with Crippen molar-refractivity contribution in [2.45, 2.75) is 90.1 Å². The zero-order valence-electron chi connectivity index (χ0n) is 25.4. The summed E-state index contributed by atoms with van der Waals surface area (Å²) in [5, 5.41) is 7.27. The van der Waals surface area contributed by atoms with E-state index in [4.69, 9.17) is 4.74 Å². The quantitative estimate of drug-likeness (QED) is 0.197. The van der Waals surface area contributed by atoms with Crippen LogP contribution in [-0.2, 0) is 26.5 Å². The van der Waals surface area contributed by atoms with E-state index in [0.717, 1.165) is 59.8 Å². The average Bonchev–Trinajstić information content (AvgIpc) is 3.31. The Balaban J connectivity index is 1.60. The van der Waals surface area contributed by atoms with Gasteiger partial charge in [0.25, 0.3) is 0 Å². The van der Waals surface area contributed by atoms with E-state index in [1.807, 2.05) is 55.5 Å². The number of likely N-dealkylation sites (tertiary alicyclic amines) is 1. The van der Waals surface area contributed by atoms with Crippen LogP contribution in [0.25, 0.3) is 10.9 Å². The van der Waals surface area contributed by atoms with Gasteiger partial charge in [0.05, 0.1) is 20.1 Å². The third-order valence-corrected chi connectivity index (χ3v) is 8.34. The third-order valence-electron chi connectivity index (χ3n) is 8.34. The van der Waals surface area contributed by atoms with E-state index in [1.165, 1.54) is 19.3 Å². The van der Waals surface area contributed by atoms with Gasteiger partial charge in [0.2, 0.25) is 17.7 Å². The molecule has 1 fully saturated rings. The van der Waals surface area contributed by atoms with Crippen molar-refractivity contribution in [1.29, 1.82) is 0 Å². The lowest BCUT2D eigenvalue weighted by molar-refractivity contribution is -0.146. The van der Waals surface area contributed by atoms with Gasteiger partial charge in [0.1, 0.15) is 5.75 Å². The molecule has 1 atom stereocenters. The standard InChI is InChI=1S/C34H46N4O4/c1-4-5-6-7-8-12-17-31(39)35-24-34(26-15-10-9-11-16-26,38-21-14-13-18-33(38)41)37-32(40)23-28-25(2)36-30-20-19-27(42-3)22-29(28)30/h9-11,15-16,19-20,22,36H,4-8,12-14,17-18,21,23-24H2,1-3H3,(H,35,39)(H,37,40)/t34-/m1/s1. The fourth-order valence-electron chi connectivity index (χ4n) is 5.99. The number of ether oxygens (including phenoxy) is 1. The molecule has 8 heteroatoms. The second-order valence-electron chi connectivity index (χ2n) is 11.4. The molecule has 1 aromatic heterocycles. The predicted octanol–water partition coefficient (Wildman–Crippen LogP) is 5.88. The van der Waals surface area contributed by atoms with E-state index in [0.29, 0.717) is 25.1 Å². The van der Waals surface area contributed by atoms with Crippen LogP contribution in [0.4, 0.5) is 0 Å². The summed E-state index contributed by atoms with van der Waals surface area (Å²) in [4.78, 5) is 45.5. The number of rotatable bonds is 15. The Morgan fingerprint density at radius 1 is 1.00 bits per heavy atom. The fraction of sp³-hybridized carbons (Fsp3) is 0.500. The van der Waals surface area contributed by atoms with E-state index in [2.05, 4.69) is 22.5 Å². The van der Waals surface area contributed by atoms with Crippen molar-refractivity contribution in [3.8, 4) is 5.75 Å². The molecule has 0 aliphatic carbocycles. The molecule has 3 amide bonds. The molecule has 0 bridgehead atoms. The Kier molecular flexibility index (Phi) is 11.0. The van der Waals surface area contributed by atoms with Crippen molar-refractivity contribution >= 4 is 28.6 Å². The first-order valence-electron chi connectivity index (χ1n) is 15.5. The zero-order valence-corrected chi connectivity index (χ0v) is 25.4. The largest absolute Gasteiger partial charge is 0.497 e. The minimum absolute atomic E-state index is 0.0245. The monoisotopic (exact) mass is 574 g/mol. The SMILES string of the molecule is CCCCCCCCC(=O)NC[C@](NC(=O)Cc1c(C)[nH]c2ccc(OC)cc12)(c1ccccc1)N1CCCCC1=O. The molecule has 3 N–H and O–H groups in total. The number of aryl methyl sites for hydroxylation is 1. The Morgan fingerprint density at radius 2 is 1.76 bits per heavy atom. The minimum atomic E-state index is -1.20. The summed E-state index contributed by atoms with van der Waals surface area (Å²) in [5.41, 5.74) is 2.27. The molecule has 0 unspecified atom stereocenters. The highest BCUT2D eigenvalue weighted by molar-refractivity contribution is 5.91. The first-order valence-corrected chi connectivity index (χ1v) is 15.5. The number of H-pyrrole nitrogens is 1. The molecule has 2 aromatic carbocycles. The summed E-state index contributed by atoms with van der Waals surface area (Å²) in [5.74, 6) is 0.399. The Bertz CT molecular complexity index is 1350. The molecule has 8 nitrogen and oxygen atoms in total. The van der Waals surface area contributed by atoms with Gasteiger partial charge < -0.3 is 25.3 Å². The van der Waals surface area contributed by atoms with Gasteiger partial charge >= 0.3 is 0 Å². The number of hydrogen-bond donors (Lipinski definition) is 3. The molecule has 3 aromatic rings. The number of nitrogens with zero attached hydrogens (tertiary/aromatic N) is 1. The number of unbranched alkanes of at least 4 members (excludes halogenated alkanes) is 5. The topological polar surface area (TPSA) is 104 Å². The number of piperidine rings is 1. The zero-order chi connectivity index (χ0) is 30.0. The van der Waals surface area contributed by atoms with Gasteiger partial charge in [-0.05, 0) is 55.5 Å². The number of nitrogens with one attached hydrogen (secondary N) is 3. The van der Waals surface area contributed by atoms with Gasteiger partial charge in [0, 0.05) is 36.0 Å². The Morgan fingerprint density at radius 3 is 2.50 bits per heavy atom. The summed E-state index contributed by atoms with van der Waals surface area (Å²) in [6.07, 6.45) is 9.19. The van der Waals surface area contributed by atoms with Crippen molar-refractivity contribution in [2.24, 2.45) is 0 Å². The molecule has 2 heterocycles. The highest BCUT2D eigenvalue weighted by Gasteiger charge is 2.44. The normalized spacial score (nSPS) is 14.9. The third kappa shape index (κ3) is 7.52. The smallest absolute Gasteiger partial charge is 0.226 e. The van der Waals surface area contributed by atoms with Crippen LogP contribution < -0.4 is 15.4 Å². The van der Waals surface area contributed by atoms with Gasteiger partial charge in [0.15, 0.2) is 5.66 Å². The van der Waals surface area contributed by atoms with Crippen LogP contribution in [0.2, 0.25) is 0 Å². The van der Waals surface area contributed by atoms with Gasteiger partial charge in [-0.1, -0.05) is 69.4 Å². The molecule has 1 saturated heterocycles. The molecule has 226 valence electrons. The number of fused-ring (bicyclic) bond motifs is 1. The summed E-state index contributed by atoms with van der Waals surface area (Å²) >= 11 is 0. The lowest BCUT2D eigenvalue weighted by atomic mass is 9.93. The lowest BCUT2D eigenvalue weighted by Crippen LogP contribution is -2.65. The molecule has 1 aliphatic heterocycles. The molecular weight excluding hydrogens is 528 g/mol. The van der Waals surface area contributed by atoms with Crippen molar-refractivity contribution in [3.05, 3.63) is 65.4 Å². The van der Waals surface area contributed by atoms with Gasteiger partial charge in [-0.25, -0.2) is 0 Å². The number of carbonyl (C=O) groups excluding carboxylic acids is 3. The minimum Gasteiger partial charge on any atom is -0.497 e. The number of benzene rings is 2. The van der Waals surface area contributed by atoms with Crippen LogP contribution in [0.15, 0.2) is 48.5 Å². The summed E-state index contributed by atoms with van der Waals surface area (Å²) in [6, 6.07) is 15.3. The maximum Gasteiger partial charge on any atom is 0.226 e.